The molecule has 6 heteroatoms. The van der Waals surface area contributed by atoms with Crippen LogP contribution in [0.5, 0.6) is 5.75 Å². The van der Waals surface area contributed by atoms with Crippen molar-refractivity contribution in [2.75, 3.05) is 11.5 Å². The molecule has 2 heterocycles. The zero-order chi connectivity index (χ0) is 15.8. The second kappa shape index (κ2) is 5.24. The molecule has 1 aliphatic rings. The minimum Gasteiger partial charge on any atom is -0.482 e. The molecule has 0 atom stereocenters. The van der Waals surface area contributed by atoms with E-state index in [4.69, 9.17) is 4.74 Å². The molecule has 0 spiro atoms. The van der Waals surface area contributed by atoms with Crippen molar-refractivity contribution in [3.63, 3.8) is 0 Å². The number of carbonyl (C=O) groups is 1. The van der Waals surface area contributed by atoms with Gasteiger partial charge in [0.2, 0.25) is 0 Å². The van der Waals surface area contributed by atoms with Crippen LogP contribution in [0, 0.1) is 0 Å². The van der Waals surface area contributed by atoms with Crippen molar-refractivity contribution in [3.8, 4) is 5.75 Å². The standard InChI is InChI=1S/C17H13N3O3/c21-16-10-23-14-8-4-3-7-13(14)20(16)9-15-18-12-6-2-1-5-11(12)17(22)19-15/h1-8H,9-10H2,(H,18,19,22). The molecule has 6 nitrogen and oxygen atoms in total. The van der Waals surface area contributed by atoms with Crippen molar-refractivity contribution >= 4 is 22.5 Å². The van der Waals surface area contributed by atoms with Gasteiger partial charge in [-0.15, -0.1) is 0 Å². The Bertz CT molecular complexity index is 964. The number of rotatable bonds is 2. The monoisotopic (exact) mass is 307 g/mol. The highest BCUT2D eigenvalue weighted by Gasteiger charge is 2.25. The molecule has 0 radical (unpaired) electrons. The zero-order valence-electron chi connectivity index (χ0n) is 12.2. The number of aromatic nitrogens is 2. The lowest BCUT2D eigenvalue weighted by molar-refractivity contribution is -0.121. The molecule has 0 fully saturated rings. The molecule has 1 N–H and O–H groups in total. The molecule has 2 aromatic carbocycles. The number of ether oxygens (including phenoxy) is 1. The molecule has 0 aliphatic carbocycles. The molecule has 1 amide bonds. The number of nitrogens with zero attached hydrogens (tertiary/aromatic N) is 2. The first-order chi connectivity index (χ1) is 11.2. The number of nitrogens with one attached hydrogen (secondary N) is 1. The molecule has 114 valence electrons. The number of benzene rings is 2. The third-order valence-corrected chi connectivity index (χ3v) is 3.78. The lowest BCUT2D eigenvalue weighted by Crippen LogP contribution is -2.39. The number of H-pyrrole nitrogens is 1. The SMILES string of the molecule is O=C1COc2ccccc2N1Cc1nc2ccccc2c(=O)[nH]1. The first kappa shape index (κ1) is 13.5. The van der Waals surface area contributed by atoms with Crippen molar-refractivity contribution in [2.24, 2.45) is 0 Å². The highest BCUT2D eigenvalue weighted by atomic mass is 16.5. The largest absolute Gasteiger partial charge is 0.482 e. The number of hydrogen-bond acceptors (Lipinski definition) is 4. The molecule has 0 unspecified atom stereocenters. The number of fused-ring (bicyclic) bond motifs is 2. The summed E-state index contributed by atoms with van der Waals surface area (Å²) in [5.41, 5.74) is 1.08. The molecule has 0 bridgehead atoms. The summed E-state index contributed by atoms with van der Waals surface area (Å²) in [6.07, 6.45) is 0. The quantitative estimate of drug-likeness (QED) is 0.784. The van der Waals surface area contributed by atoms with Gasteiger partial charge >= 0.3 is 0 Å². The van der Waals surface area contributed by atoms with Crippen LogP contribution in [0.1, 0.15) is 5.82 Å². The van der Waals surface area contributed by atoms with Gasteiger partial charge in [0, 0.05) is 0 Å². The van der Waals surface area contributed by atoms with Crippen LogP contribution >= 0.6 is 0 Å². The average Bonchev–Trinajstić information content (AvgIpc) is 2.58. The lowest BCUT2D eigenvalue weighted by Gasteiger charge is -2.28. The number of anilines is 1. The Morgan fingerprint density at radius 2 is 1.87 bits per heavy atom. The van der Waals surface area contributed by atoms with Crippen molar-refractivity contribution < 1.29 is 9.53 Å². The van der Waals surface area contributed by atoms with Crippen molar-refractivity contribution in [1.82, 2.24) is 9.97 Å². The van der Waals surface area contributed by atoms with Gasteiger partial charge < -0.3 is 9.72 Å². The van der Waals surface area contributed by atoms with E-state index >= 15 is 0 Å². The van der Waals surface area contributed by atoms with Gasteiger partial charge in [-0.2, -0.15) is 0 Å². The van der Waals surface area contributed by atoms with Gasteiger partial charge in [0.15, 0.2) is 6.61 Å². The third kappa shape index (κ3) is 2.34. The van der Waals surface area contributed by atoms with E-state index in [1.807, 2.05) is 30.3 Å². The number of hydrogen-bond donors (Lipinski definition) is 1. The Labute approximate surface area is 131 Å². The Kier molecular flexibility index (Phi) is 3.08. The number of para-hydroxylation sites is 3. The third-order valence-electron chi connectivity index (χ3n) is 3.78. The number of aromatic amines is 1. The average molecular weight is 307 g/mol. The normalized spacial score (nSPS) is 13.7. The van der Waals surface area contributed by atoms with Gasteiger partial charge in [-0.25, -0.2) is 4.98 Å². The summed E-state index contributed by atoms with van der Waals surface area (Å²) in [6, 6.07) is 14.4. The summed E-state index contributed by atoms with van der Waals surface area (Å²) in [5.74, 6) is 0.925. The summed E-state index contributed by atoms with van der Waals surface area (Å²) in [7, 11) is 0. The van der Waals surface area contributed by atoms with Gasteiger partial charge in [-0.05, 0) is 24.3 Å². The molecule has 1 aliphatic heterocycles. The summed E-state index contributed by atoms with van der Waals surface area (Å²) in [6.45, 7) is 0.175. The fourth-order valence-corrected chi connectivity index (χ4v) is 2.69. The van der Waals surface area contributed by atoms with Gasteiger partial charge in [0.25, 0.3) is 11.5 Å². The van der Waals surface area contributed by atoms with Crippen molar-refractivity contribution in [2.45, 2.75) is 6.54 Å². The van der Waals surface area contributed by atoms with Gasteiger partial charge in [-0.1, -0.05) is 24.3 Å². The van der Waals surface area contributed by atoms with Crippen molar-refractivity contribution in [1.29, 1.82) is 0 Å². The first-order valence-electron chi connectivity index (χ1n) is 7.22. The highest BCUT2D eigenvalue weighted by molar-refractivity contribution is 5.97. The van der Waals surface area contributed by atoms with Gasteiger partial charge in [0.05, 0.1) is 23.1 Å². The van der Waals surface area contributed by atoms with E-state index < -0.39 is 0 Å². The maximum absolute atomic E-state index is 12.2. The topological polar surface area (TPSA) is 75.3 Å². The smallest absolute Gasteiger partial charge is 0.265 e. The maximum atomic E-state index is 12.2. The van der Waals surface area contributed by atoms with E-state index in [1.165, 1.54) is 0 Å². The Balaban J connectivity index is 1.76. The summed E-state index contributed by atoms with van der Waals surface area (Å²) >= 11 is 0. The highest BCUT2D eigenvalue weighted by Crippen LogP contribution is 2.32. The van der Waals surface area contributed by atoms with E-state index in [0.717, 1.165) is 0 Å². The summed E-state index contributed by atoms with van der Waals surface area (Å²) in [5, 5.41) is 0.532. The lowest BCUT2D eigenvalue weighted by atomic mass is 10.2. The second-order valence-electron chi connectivity index (χ2n) is 5.27. The van der Waals surface area contributed by atoms with Crippen LogP contribution in [0.3, 0.4) is 0 Å². The molecular formula is C17H13N3O3. The van der Waals surface area contributed by atoms with Gasteiger partial charge in [-0.3, -0.25) is 14.5 Å². The van der Waals surface area contributed by atoms with E-state index in [1.54, 1.807) is 23.1 Å². The molecular weight excluding hydrogens is 294 g/mol. The zero-order valence-corrected chi connectivity index (χ0v) is 12.2. The summed E-state index contributed by atoms with van der Waals surface area (Å²) < 4.78 is 5.41. The fraction of sp³-hybridized carbons (Fsp3) is 0.118. The minimum absolute atomic E-state index is 0.0190. The van der Waals surface area contributed by atoms with Crippen LogP contribution in [0.25, 0.3) is 10.9 Å². The Morgan fingerprint density at radius 3 is 2.78 bits per heavy atom. The maximum Gasteiger partial charge on any atom is 0.265 e. The van der Waals surface area contributed by atoms with Crippen LogP contribution in [0.2, 0.25) is 0 Å². The number of amides is 1. The van der Waals surface area contributed by atoms with E-state index in [9.17, 15) is 9.59 Å². The predicted octanol–water partition coefficient (Wildman–Crippen LogP) is 1.85. The second-order valence-corrected chi connectivity index (χ2v) is 5.27. The van der Waals surface area contributed by atoms with Crippen LogP contribution in [-0.4, -0.2) is 22.5 Å². The van der Waals surface area contributed by atoms with Crippen LogP contribution < -0.4 is 15.2 Å². The number of carbonyl (C=O) groups excluding carboxylic acids is 1. The van der Waals surface area contributed by atoms with Crippen LogP contribution in [-0.2, 0) is 11.3 Å². The van der Waals surface area contributed by atoms with Gasteiger partial charge in [0.1, 0.15) is 11.6 Å². The Morgan fingerprint density at radius 1 is 1.09 bits per heavy atom. The van der Waals surface area contributed by atoms with E-state index in [-0.39, 0.29) is 24.6 Å². The summed E-state index contributed by atoms with van der Waals surface area (Å²) in [4.78, 5) is 33.1. The van der Waals surface area contributed by atoms with Crippen LogP contribution in [0.15, 0.2) is 53.3 Å². The molecule has 4 rings (SSSR count). The predicted molar refractivity (Wildman–Crippen MR) is 85.5 cm³/mol. The molecule has 1 aromatic heterocycles. The Hall–Kier alpha value is -3.15. The molecule has 0 saturated carbocycles. The minimum atomic E-state index is -0.209. The molecule has 23 heavy (non-hydrogen) atoms. The van der Waals surface area contributed by atoms with E-state index in [0.29, 0.717) is 28.2 Å². The van der Waals surface area contributed by atoms with Crippen molar-refractivity contribution in [3.05, 3.63) is 64.7 Å². The fourth-order valence-electron chi connectivity index (χ4n) is 2.69. The van der Waals surface area contributed by atoms with E-state index in [2.05, 4.69) is 9.97 Å². The van der Waals surface area contributed by atoms with Crippen LogP contribution in [0.4, 0.5) is 5.69 Å². The molecule has 3 aromatic rings. The molecule has 0 saturated heterocycles. The first-order valence-corrected chi connectivity index (χ1v) is 7.22.